The molecule has 0 radical (unpaired) electrons. The van der Waals surface area contributed by atoms with E-state index in [9.17, 15) is 19.2 Å². The van der Waals surface area contributed by atoms with Crippen molar-refractivity contribution in [3.8, 4) is 22.6 Å². The molecule has 0 saturated carbocycles. The fourth-order valence-corrected chi connectivity index (χ4v) is 4.65. The van der Waals surface area contributed by atoms with Crippen molar-refractivity contribution < 1.29 is 47.3 Å². The second kappa shape index (κ2) is 13.9. The summed E-state index contributed by atoms with van der Waals surface area (Å²) in [5, 5.41) is 7.93. The molecule has 0 aliphatic carbocycles. The number of hydrogen-bond acceptors (Lipinski definition) is 12. The highest BCUT2D eigenvalue weighted by molar-refractivity contribution is 5.72. The maximum Gasteiger partial charge on any atom is 0.315 e. The summed E-state index contributed by atoms with van der Waals surface area (Å²) >= 11 is 0. The standard InChI is InChI=1S/C30H32N2O10/c1-5-37-27(36)15-26-31-32-30(42-26)21-11-9-20(10-12-21)22-7-6-8-23(13-22)28-29(40-19(4)35)25(39-18(3)34)14-24(41-28)16-38-17(2)33/h6-13,24-25,28-29H,5,14-16H2,1-4H3/t24-,25-,28+,29-/m0/s1. The van der Waals surface area contributed by atoms with Crippen LogP contribution in [-0.2, 0) is 49.3 Å². The van der Waals surface area contributed by atoms with Gasteiger partial charge in [0.15, 0.2) is 6.10 Å². The van der Waals surface area contributed by atoms with E-state index in [1.807, 2.05) is 48.5 Å². The van der Waals surface area contributed by atoms with Gasteiger partial charge in [-0.2, -0.15) is 0 Å². The molecule has 1 aromatic heterocycles. The Hall–Kier alpha value is -4.58. The molecule has 222 valence electrons. The Labute approximate surface area is 242 Å². The minimum atomic E-state index is -0.918. The van der Waals surface area contributed by atoms with Crippen molar-refractivity contribution in [1.29, 1.82) is 0 Å². The zero-order valence-electron chi connectivity index (χ0n) is 23.7. The predicted octanol–water partition coefficient (Wildman–Crippen LogP) is 3.77. The molecule has 1 fully saturated rings. The summed E-state index contributed by atoms with van der Waals surface area (Å²) in [6.07, 6.45) is -3.05. The van der Waals surface area contributed by atoms with Crippen molar-refractivity contribution in [2.24, 2.45) is 0 Å². The highest BCUT2D eigenvalue weighted by Gasteiger charge is 2.44. The molecule has 0 spiro atoms. The van der Waals surface area contributed by atoms with Crippen LogP contribution in [0.5, 0.6) is 0 Å². The number of benzene rings is 2. The van der Waals surface area contributed by atoms with Gasteiger partial charge in [-0.05, 0) is 41.8 Å². The second-order valence-corrected chi connectivity index (χ2v) is 9.62. The van der Waals surface area contributed by atoms with Crippen LogP contribution in [0, 0.1) is 0 Å². The normalized spacial score (nSPS) is 19.9. The van der Waals surface area contributed by atoms with Gasteiger partial charge >= 0.3 is 23.9 Å². The van der Waals surface area contributed by atoms with Crippen LogP contribution in [0.25, 0.3) is 22.6 Å². The molecule has 0 bridgehead atoms. The summed E-state index contributed by atoms with van der Waals surface area (Å²) in [6.45, 7) is 5.78. The first-order valence-corrected chi connectivity index (χ1v) is 13.4. The summed E-state index contributed by atoms with van der Waals surface area (Å²) in [7, 11) is 0. The first kappa shape index (κ1) is 30.4. The van der Waals surface area contributed by atoms with Gasteiger partial charge in [-0.15, -0.1) is 10.2 Å². The van der Waals surface area contributed by atoms with Gasteiger partial charge in [0.25, 0.3) is 0 Å². The maximum absolute atomic E-state index is 12.0. The Morgan fingerprint density at radius 2 is 1.57 bits per heavy atom. The van der Waals surface area contributed by atoms with E-state index in [1.54, 1.807) is 6.92 Å². The quantitative estimate of drug-likeness (QED) is 0.253. The van der Waals surface area contributed by atoms with E-state index in [0.29, 0.717) is 11.1 Å². The Kier molecular flexibility index (Phi) is 10.0. The van der Waals surface area contributed by atoms with Crippen LogP contribution in [0.3, 0.4) is 0 Å². The Bertz CT molecular complexity index is 1420. The van der Waals surface area contributed by atoms with E-state index in [4.69, 9.17) is 28.1 Å². The zero-order chi connectivity index (χ0) is 30.2. The average molecular weight is 581 g/mol. The Morgan fingerprint density at radius 3 is 2.24 bits per heavy atom. The van der Waals surface area contributed by atoms with Gasteiger partial charge in [0.1, 0.15) is 25.2 Å². The molecule has 2 aromatic carbocycles. The number of nitrogens with zero attached hydrogens (tertiary/aromatic N) is 2. The van der Waals surface area contributed by atoms with Crippen molar-refractivity contribution in [3.05, 3.63) is 60.0 Å². The van der Waals surface area contributed by atoms with Gasteiger partial charge < -0.3 is 28.1 Å². The average Bonchev–Trinajstić information content (AvgIpc) is 3.41. The number of carbonyl (C=O) groups is 4. The van der Waals surface area contributed by atoms with Crippen LogP contribution in [0.1, 0.15) is 51.7 Å². The topological polar surface area (TPSA) is 153 Å². The molecule has 0 unspecified atom stereocenters. The zero-order valence-corrected chi connectivity index (χ0v) is 23.7. The van der Waals surface area contributed by atoms with Crippen LogP contribution in [-0.4, -0.2) is 65.6 Å². The number of rotatable bonds is 10. The molecular formula is C30H32N2O10. The summed E-state index contributed by atoms with van der Waals surface area (Å²) in [4.78, 5) is 47.0. The van der Waals surface area contributed by atoms with Crippen LogP contribution in [0.15, 0.2) is 52.9 Å². The smallest absolute Gasteiger partial charge is 0.315 e. The van der Waals surface area contributed by atoms with Crippen molar-refractivity contribution in [1.82, 2.24) is 10.2 Å². The first-order valence-electron chi connectivity index (χ1n) is 13.4. The van der Waals surface area contributed by atoms with Crippen molar-refractivity contribution in [3.63, 3.8) is 0 Å². The first-order chi connectivity index (χ1) is 20.1. The Morgan fingerprint density at radius 1 is 0.857 bits per heavy atom. The molecule has 0 amide bonds. The largest absolute Gasteiger partial charge is 0.466 e. The van der Waals surface area contributed by atoms with E-state index in [1.165, 1.54) is 20.8 Å². The summed E-state index contributed by atoms with van der Waals surface area (Å²) in [5.74, 6) is -1.58. The number of hydrogen-bond donors (Lipinski definition) is 0. The molecular weight excluding hydrogens is 548 g/mol. The van der Waals surface area contributed by atoms with Crippen LogP contribution < -0.4 is 0 Å². The van der Waals surface area contributed by atoms with Crippen molar-refractivity contribution in [2.45, 2.75) is 65.0 Å². The van der Waals surface area contributed by atoms with E-state index in [2.05, 4.69) is 10.2 Å². The third-order valence-electron chi connectivity index (χ3n) is 6.34. The molecule has 2 heterocycles. The minimum Gasteiger partial charge on any atom is -0.466 e. The summed E-state index contributed by atoms with van der Waals surface area (Å²) in [6, 6.07) is 14.8. The van der Waals surface area contributed by atoms with Crippen molar-refractivity contribution >= 4 is 23.9 Å². The highest BCUT2D eigenvalue weighted by atomic mass is 16.6. The molecule has 12 nitrogen and oxygen atoms in total. The highest BCUT2D eigenvalue weighted by Crippen LogP contribution is 2.37. The van der Waals surface area contributed by atoms with Gasteiger partial charge in [0.05, 0.1) is 12.7 Å². The van der Waals surface area contributed by atoms with Gasteiger partial charge in [-0.25, -0.2) is 0 Å². The molecule has 1 saturated heterocycles. The van der Waals surface area contributed by atoms with Gasteiger partial charge in [-0.3, -0.25) is 19.2 Å². The molecule has 1 aliphatic heterocycles. The lowest BCUT2D eigenvalue weighted by Gasteiger charge is -2.40. The molecule has 4 rings (SSSR count). The minimum absolute atomic E-state index is 0.0469. The molecule has 42 heavy (non-hydrogen) atoms. The van der Waals surface area contributed by atoms with E-state index >= 15 is 0 Å². The second-order valence-electron chi connectivity index (χ2n) is 9.62. The number of ether oxygens (including phenoxy) is 5. The molecule has 3 aromatic rings. The van der Waals surface area contributed by atoms with Crippen molar-refractivity contribution in [2.75, 3.05) is 13.2 Å². The molecule has 4 atom stereocenters. The number of esters is 4. The molecule has 12 heteroatoms. The van der Waals surface area contributed by atoms with E-state index < -0.39 is 48.3 Å². The maximum atomic E-state index is 12.0. The lowest BCUT2D eigenvalue weighted by molar-refractivity contribution is -0.214. The molecule has 0 N–H and O–H groups in total. The summed E-state index contributed by atoms with van der Waals surface area (Å²) < 4.78 is 33.0. The fraction of sp³-hybridized carbons (Fsp3) is 0.400. The third-order valence-corrected chi connectivity index (χ3v) is 6.34. The third kappa shape index (κ3) is 8.00. The monoisotopic (exact) mass is 580 g/mol. The van der Waals surface area contributed by atoms with E-state index in [0.717, 1.165) is 11.1 Å². The number of aromatic nitrogens is 2. The predicted molar refractivity (Wildman–Crippen MR) is 145 cm³/mol. The SMILES string of the molecule is CCOC(=O)Cc1nnc(-c2ccc(-c3cccc([C@H]4O[C@H](COC(C)=O)C[C@H](OC(C)=O)[C@@H]4OC(C)=O)c3)cc2)o1. The Balaban J connectivity index is 1.58. The van der Waals surface area contributed by atoms with Gasteiger partial charge in [0, 0.05) is 32.8 Å². The fourth-order valence-electron chi connectivity index (χ4n) is 4.65. The molecule has 1 aliphatic rings. The van der Waals surface area contributed by atoms with Crippen LogP contribution in [0.4, 0.5) is 0 Å². The van der Waals surface area contributed by atoms with Crippen LogP contribution >= 0.6 is 0 Å². The van der Waals surface area contributed by atoms with Gasteiger partial charge in [-0.1, -0.05) is 30.3 Å². The lowest BCUT2D eigenvalue weighted by Crippen LogP contribution is -2.48. The number of carbonyl (C=O) groups excluding carboxylic acids is 4. The van der Waals surface area contributed by atoms with E-state index in [-0.39, 0.29) is 37.8 Å². The summed E-state index contributed by atoms with van der Waals surface area (Å²) in [5.41, 5.74) is 3.04. The van der Waals surface area contributed by atoms with Crippen LogP contribution in [0.2, 0.25) is 0 Å². The van der Waals surface area contributed by atoms with Gasteiger partial charge in [0.2, 0.25) is 11.8 Å². The lowest BCUT2D eigenvalue weighted by atomic mass is 9.91.